The first kappa shape index (κ1) is 15.3. The summed E-state index contributed by atoms with van der Waals surface area (Å²) in [5.74, 6) is -0.0940. The van der Waals surface area contributed by atoms with Gasteiger partial charge in [0.1, 0.15) is 12.7 Å². The third kappa shape index (κ3) is 2.47. The number of aryl methyl sites for hydroxylation is 2. The fourth-order valence-corrected chi connectivity index (χ4v) is 2.28. The van der Waals surface area contributed by atoms with Crippen LogP contribution in [0.1, 0.15) is 5.82 Å². The highest BCUT2D eigenvalue weighted by atomic mass is 16.6. The second-order valence-corrected chi connectivity index (χ2v) is 4.84. The van der Waals surface area contributed by atoms with Crippen LogP contribution in [-0.4, -0.2) is 39.4 Å². The van der Waals surface area contributed by atoms with Crippen LogP contribution in [0, 0.1) is 17.0 Å². The Labute approximate surface area is 131 Å². The van der Waals surface area contributed by atoms with Crippen LogP contribution in [0.5, 0.6) is 0 Å². The second kappa shape index (κ2) is 5.53. The van der Waals surface area contributed by atoms with E-state index in [2.05, 4.69) is 25.3 Å². The van der Waals surface area contributed by atoms with Crippen molar-refractivity contribution < 1.29 is 4.92 Å². The van der Waals surface area contributed by atoms with E-state index < -0.39 is 16.0 Å². The molecule has 0 spiro atoms. The first-order chi connectivity index (χ1) is 11.4. The predicted octanol–water partition coefficient (Wildman–Crippen LogP) is -1.43. The summed E-state index contributed by atoms with van der Waals surface area (Å²) in [6.07, 6.45) is 1.14. The lowest BCUT2D eigenvalue weighted by Crippen LogP contribution is -2.16. The van der Waals surface area contributed by atoms with Gasteiger partial charge in [0.05, 0.1) is 6.54 Å². The van der Waals surface area contributed by atoms with Crippen molar-refractivity contribution in [1.29, 1.82) is 0 Å². The number of rotatable bonds is 4. The Balaban J connectivity index is 2.04. The molecule has 3 aromatic rings. The molecule has 0 aliphatic heterocycles. The molecule has 0 atom stereocenters. The first-order valence-electron chi connectivity index (χ1n) is 6.68. The first-order valence-corrected chi connectivity index (χ1v) is 6.68. The van der Waals surface area contributed by atoms with Crippen molar-refractivity contribution in [3.8, 4) is 0 Å². The number of hydrogen-bond acceptors (Lipinski definition) is 9. The van der Waals surface area contributed by atoms with Crippen molar-refractivity contribution >= 4 is 22.8 Å². The number of H-pyrrole nitrogens is 1. The molecule has 0 amide bonds. The van der Waals surface area contributed by atoms with Gasteiger partial charge in [0.2, 0.25) is 5.95 Å². The maximum absolute atomic E-state index is 12.1. The van der Waals surface area contributed by atoms with Crippen LogP contribution in [-0.2, 0) is 13.1 Å². The van der Waals surface area contributed by atoms with E-state index in [1.165, 1.54) is 9.25 Å². The summed E-state index contributed by atoms with van der Waals surface area (Å²) in [5, 5.41) is 18.4. The molecule has 0 aliphatic carbocycles. The molecule has 3 N–H and O–H groups in total. The lowest BCUT2D eigenvalue weighted by molar-refractivity contribution is -0.392. The highest BCUT2D eigenvalue weighted by Crippen LogP contribution is 2.13. The number of aromatic amines is 1. The average molecular weight is 333 g/mol. The van der Waals surface area contributed by atoms with Crippen LogP contribution in [0.25, 0.3) is 11.0 Å². The van der Waals surface area contributed by atoms with E-state index in [1.54, 1.807) is 6.92 Å². The van der Waals surface area contributed by atoms with E-state index in [0.717, 1.165) is 6.20 Å². The number of nitrogens with one attached hydrogen (secondary N) is 1. The van der Waals surface area contributed by atoms with Crippen LogP contribution < -0.4 is 16.9 Å². The molecule has 0 fully saturated rings. The van der Waals surface area contributed by atoms with Gasteiger partial charge in [-0.1, -0.05) is 5.21 Å². The number of aromatic nitrogens is 7. The topological polar surface area (TPSA) is 181 Å². The third-order valence-corrected chi connectivity index (χ3v) is 3.37. The maximum atomic E-state index is 12.1. The van der Waals surface area contributed by atoms with E-state index >= 15 is 0 Å². The van der Waals surface area contributed by atoms with E-state index in [1.807, 2.05) is 0 Å². The Hall–Kier alpha value is -3.64. The second-order valence-electron chi connectivity index (χ2n) is 4.84. The minimum absolute atomic E-state index is 0.0565. The minimum Gasteiger partial charge on any atom is -0.369 e. The highest BCUT2D eigenvalue weighted by molar-refractivity contribution is 5.71. The zero-order valence-corrected chi connectivity index (χ0v) is 12.3. The highest BCUT2D eigenvalue weighted by Gasteiger charge is 2.19. The number of nitrogens with zero attached hydrogens (tertiary/aromatic N) is 7. The van der Waals surface area contributed by atoms with Gasteiger partial charge in [-0.25, -0.2) is 14.2 Å². The molecule has 0 radical (unpaired) electrons. The quantitative estimate of drug-likeness (QED) is 0.427. The summed E-state index contributed by atoms with van der Waals surface area (Å²) in [4.78, 5) is 43.9. The minimum atomic E-state index is -0.795. The standard InChI is InChI=1S/C11H11N9O4/c1-5-13-4-6(20(23)24)18(5)2-3-19-8-7(16-17-19)9(21)14-11(12)15-10(8)22/h4H,2-3H2,1H3,(H3,12,14,15,21,22). The predicted molar refractivity (Wildman–Crippen MR) is 80.2 cm³/mol. The molecule has 3 aromatic heterocycles. The zero-order chi connectivity index (χ0) is 17.4. The zero-order valence-electron chi connectivity index (χ0n) is 12.3. The Morgan fingerprint density at radius 2 is 2.12 bits per heavy atom. The molecule has 0 bridgehead atoms. The van der Waals surface area contributed by atoms with E-state index in [4.69, 9.17) is 5.73 Å². The molecule has 13 nitrogen and oxygen atoms in total. The Bertz CT molecular complexity index is 1060. The number of hydrogen-bond donors (Lipinski definition) is 2. The van der Waals surface area contributed by atoms with Crippen LogP contribution in [0.2, 0.25) is 0 Å². The SMILES string of the molecule is Cc1ncc([N+](=O)[O-])n1CCn1nnc2c(=O)nc(N)[nH]c(=O)c21. The molecule has 3 rings (SSSR count). The lowest BCUT2D eigenvalue weighted by atomic mass is 10.4. The third-order valence-electron chi connectivity index (χ3n) is 3.37. The van der Waals surface area contributed by atoms with Crippen LogP contribution in [0.3, 0.4) is 0 Å². The van der Waals surface area contributed by atoms with E-state index in [-0.39, 0.29) is 35.9 Å². The largest absolute Gasteiger partial charge is 0.369 e. The number of nitrogens with two attached hydrogens (primary N) is 1. The number of imidazole rings is 1. The molecule has 13 heteroatoms. The monoisotopic (exact) mass is 333 g/mol. The Morgan fingerprint density at radius 3 is 2.83 bits per heavy atom. The molecule has 0 unspecified atom stereocenters. The molecule has 0 aromatic carbocycles. The molecule has 24 heavy (non-hydrogen) atoms. The maximum Gasteiger partial charge on any atom is 0.342 e. The molecule has 3 heterocycles. The molecular weight excluding hydrogens is 322 g/mol. The smallest absolute Gasteiger partial charge is 0.342 e. The Morgan fingerprint density at radius 1 is 1.38 bits per heavy atom. The van der Waals surface area contributed by atoms with Crippen molar-refractivity contribution in [3.05, 3.63) is 42.8 Å². The fraction of sp³-hybridized carbons (Fsp3) is 0.273. The number of nitrogen functional groups attached to an aromatic ring is 1. The van der Waals surface area contributed by atoms with Crippen molar-refractivity contribution in [2.75, 3.05) is 5.73 Å². The molecule has 0 saturated carbocycles. The Kier molecular flexibility index (Phi) is 3.52. The van der Waals surface area contributed by atoms with Gasteiger partial charge >= 0.3 is 11.4 Å². The van der Waals surface area contributed by atoms with E-state index in [9.17, 15) is 19.7 Å². The van der Waals surface area contributed by atoms with Gasteiger partial charge in [0.25, 0.3) is 5.56 Å². The van der Waals surface area contributed by atoms with Crippen molar-refractivity contribution in [1.82, 2.24) is 34.5 Å². The van der Waals surface area contributed by atoms with Crippen LogP contribution in [0.15, 0.2) is 15.8 Å². The van der Waals surface area contributed by atoms with Crippen LogP contribution >= 0.6 is 0 Å². The normalized spacial score (nSPS) is 11.0. The average Bonchev–Trinajstić information content (AvgIpc) is 3.05. The van der Waals surface area contributed by atoms with Gasteiger partial charge in [-0.3, -0.25) is 14.6 Å². The lowest BCUT2D eigenvalue weighted by Gasteiger charge is -2.03. The summed E-state index contributed by atoms with van der Waals surface area (Å²) in [6, 6.07) is 0. The van der Waals surface area contributed by atoms with Gasteiger partial charge < -0.3 is 15.8 Å². The molecule has 0 aliphatic rings. The van der Waals surface area contributed by atoms with Gasteiger partial charge in [-0.05, 0) is 4.92 Å². The summed E-state index contributed by atoms with van der Waals surface area (Å²) < 4.78 is 2.52. The summed E-state index contributed by atoms with van der Waals surface area (Å²) in [7, 11) is 0. The number of anilines is 1. The van der Waals surface area contributed by atoms with Gasteiger partial charge in [0.15, 0.2) is 16.9 Å². The van der Waals surface area contributed by atoms with Crippen molar-refractivity contribution in [2.24, 2.45) is 0 Å². The van der Waals surface area contributed by atoms with Crippen LogP contribution in [0.4, 0.5) is 11.8 Å². The van der Waals surface area contributed by atoms with Crippen molar-refractivity contribution in [2.45, 2.75) is 20.0 Å². The van der Waals surface area contributed by atoms with Crippen molar-refractivity contribution in [3.63, 3.8) is 0 Å². The summed E-state index contributed by atoms with van der Waals surface area (Å²) in [6.45, 7) is 1.77. The van der Waals surface area contributed by atoms with E-state index in [0.29, 0.717) is 5.82 Å². The molecular formula is C11H11N9O4. The van der Waals surface area contributed by atoms with Gasteiger partial charge in [0, 0.05) is 6.92 Å². The fourth-order valence-electron chi connectivity index (χ4n) is 2.28. The van der Waals surface area contributed by atoms with Gasteiger partial charge in [-0.2, -0.15) is 4.98 Å². The number of nitro groups is 1. The number of fused-ring (bicyclic) bond motifs is 1. The summed E-state index contributed by atoms with van der Waals surface area (Å²) in [5.41, 5.74) is 3.57. The van der Waals surface area contributed by atoms with Gasteiger partial charge in [-0.15, -0.1) is 5.10 Å². The molecule has 124 valence electrons. The molecule has 0 saturated heterocycles. The summed E-state index contributed by atoms with van der Waals surface area (Å²) >= 11 is 0.